The van der Waals surface area contributed by atoms with Gasteiger partial charge < -0.3 is 9.47 Å². The van der Waals surface area contributed by atoms with Crippen molar-refractivity contribution < 1.29 is 9.47 Å². The molecule has 0 aromatic heterocycles. The third-order valence-electron chi connectivity index (χ3n) is 1.95. The Labute approximate surface area is 88.4 Å². The van der Waals surface area contributed by atoms with Gasteiger partial charge in [0, 0.05) is 6.61 Å². The Hall–Kier alpha value is 0.140. The van der Waals surface area contributed by atoms with E-state index in [1.54, 1.807) is 0 Å². The van der Waals surface area contributed by atoms with Crippen molar-refractivity contribution in [1.29, 1.82) is 0 Å². The van der Waals surface area contributed by atoms with Crippen LogP contribution >= 0.6 is 15.9 Å². The summed E-state index contributed by atoms with van der Waals surface area (Å²) in [6, 6.07) is 0. The second-order valence-electron chi connectivity index (χ2n) is 3.51. The Morgan fingerprint density at radius 3 is 3.00 bits per heavy atom. The standard InChI is InChI=1S/C10H17BrO2/c1-8(2)5-7-13-10-9(11)4-3-6-12-10/h5,9-10H,3-4,6-7H2,1-2H3/t9-,10+/m0/s1. The monoisotopic (exact) mass is 248 g/mol. The lowest BCUT2D eigenvalue weighted by Crippen LogP contribution is -2.32. The molecule has 1 saturated heterocycles. The second kappa shape index (κ2) is 5.78. The van der Waals surface area contributed by atoms with Crippen LogP contribution in [0.2, 0.25) is 0 Å². The molecule has 1 fully saturated rings. The van der Waals surface area contributed by atoms with Crippen molar-refractivity contribution in [2.75, 3.05) is 13.2 Å². The van der Waals surface area contributed by atoms with Gasteiger partial charge in [0.2, 0.25) is 0 Å². The maximum atomic E-state index is 5.56. The van der Waals surface area contributed by atoms with E-state index in [4.69, 9.17) is 9.47 Å². The van der Waals surface area contributed by atoms with Crippen LogP contribution in [0, 0.1) is 0 Å². The summed E-state index contributed by atoms with van der Waals surface area (Å²) in [6.45, 7) is 5.60. The van der Waals surface area contributed by atoms with E-state index in [-0.39, 0.29) is 6.29 Å². The Morgan fingerprint density at radius 1 is 1.62 bits per heavy atom. The summed E-state index contributed by atoms with van der Waals surface area (Å²) >= 11 is 3.55. The topological polar surface area (TPSA) is 18.5 Å². The highest BCUT2D eigenvalue weighted by Crippen LogP contribution is 2.21. The van der Waals surface area contributed by atoms with E-state index in [2.05, 4.69) is 35.9 Å². The van der Waals surface area contributed by atoms with Gasteiger partial charge in [0.1, 0.15) is 0 Å². The van der Waals surface area contributed by atoms with Crippen molar-refractivity contribution in [3.8, 4) is 0 Å². The quantitative estimate of drug-likeness (QED) is 0.565. The number of ether oxygens (including phenoxy) is 2. The highest BCUT2D eigenvalue weighted by molar-refractivity contribution is 9.09. The molecule has 0 aromatic rings. The third-order valence-corrected chi connectivity index (χ3v) is 2.84. The smallest absolute Gasteiger partial charge is 0.170 e. The van der Waals surface area contributed by atoms with Crippen LogP contribution < -0.4 is 0 Å². The predicted octanol–water partition coefficient (Wildman–Crippen LogP) is 2.87. The molecule has 0 aliphatic carbocycles. The molecule has 0 spiro atoms. The summed E-state index contributed by atoms with van der Waals surface area (Å²) in [6.07, 6.45) is 4.26. The first-order chi connectivity index (χ1) is 6.20. The minimum Gasteiger partial charge on any atom is -0.351 e. The van der Waals surface area contributed by atoms with Crippen LogP contribution in [0.4, 0.5) is 0 Å². The zero-order valence-corrected chi connectivity index (χ0v) is 9.84. The van der Waals surface area contributed by atoms with E-state index in [0.29, 0.717) is 11.4 Å². The van der Waals surface area contributed by atoms with Crippen molar-refractivity contribution in [1.82, 2.24) is 0 Å². The molecule has 0 bridgehead atoms. The van der Waals surface area contributed by atoms with Crippen LogP contribution in [-0.2, 0) is 9.47 Å². The summed E-state index contributed by atoms with van der Waals surface area (Å²) < 4.78 is 11.0. The third kappa shape index (κ3) is 4.25. The maximum Gasteiger partial charge on any atom is 0.170 e. The first kappa shape index (κ1) is 11.2. The number of rotatable bonds is 3. The number of halogens is 1. The van der Waals surface area contributed by atoms with Gasteiger partial charge in [0.25, 0.3) is 0 Å². The molecule has 1 aliphatic rings. The summed E-state index contributed by atoms with van der Waals surface area (Å²) in [5, 5.41) is 0. The molecule has 2 atom stereocenters. The van der Waals surface area contributed by atoms with Gasteiger partial charge in [-0.1, -0.05) is 27.6 Å². The van der Waals surface area contributed by atoms with Crippen molar-refractivity contribution in [3.05, 3.63) is 11.6 Å². The van der Waals surface area contributed by atoms with Crippen LogP contribution in [0.15, 0.2) is 11.6 Å². The van der Waals surface area contributed by atoms with Crippen LogP contribution in [0.25, 0.3) is 0 Å². The van der Waals surface area contributed by atoms with Crippen molar-refractivity contribution in [2.24, 2.45) is 0 Å². The molecule has 3 heteroatoms. The lowest BCUT2D eigenvalue weighted by molar-refractivity contribution is -0.149. The van der Waals surface area contributed by atoms with Gasteiger partial charge >= 0.3 is 0 Å². The Morgan fingerprint density at radius 2 is 2.38 bits per heavy atom. The molecule has 0 amide bonds. The lowest BCUT2D eigenvalue weighted by Gasteiger charge is -2.27. The highest BCUT2D eigenvalue weighted by Gasteiger charge is 2.23. The van der Waals surface area contributed by atoms with Crippen LogP contribution in [-0.4, -0.2) is 24.3 Å². The van der Waals surface area contributed by atoms with Crippen molar-refractivity contribution in [2.45, 2.75) is 37.8 Å². The van der Waals surface area contributed by atoms with E-state index in [9.17, 15) is 0 Å². The molecular formula is C10H17BrO2. The molecular weight excluding hydrogens is 232 g/mol. The zero-order chi connectivity index (χ0) is 9.68. The van der Waals surface area contributed by atoms with Crippen molar-refractivity contribution >= 4 is 15.9 Å². The normalized spacial score (nSPS) is 28.5. The SMILES string of the molecule is CC(C)=CCO[C@H]1OCCC[C@@H]1Br. The molecule has 0 unspecified atom stereocenters. The fraction of sp³-hybridized carbons (Fsp3) is 0.800. The summed E-state index contributed by atoms with van der Waals surface area (Å²) in [7, 11) is 0. The van der Waals surface area contributed by atoms with Crippen molar-refractivity contribution in [3.63, 3.8) is 0 Å². The summed E-state index contributed by atoms with van der Waals surface area (Å²) in [5.41, 5.74) is 1.28. The largest absolute Gasteiger partial charge is 0.351 e. The fourth-order valence-electron chi connectivity index (χ4n) is 1.18. The van der Waals surface area contributed by atoms with Crippen LogP contribution in [0.3, 0.4) is 0 Å². The first-order valence-corrected chi connectivity index (χ1v) is 5.62. The molecule has 13 heavy (non-hydrogen) atoms. The molecule has 76 valence electrons. The predicted molar refractivity (Wildman–Crippen MR) is 57.1 cm³/mol. The van der Waals surface area contributed by atoms with E-state index >= 15 is 0 Å². The number of alkyl halides is 1. The number of hydrogen-bond acceptors (Lipinski definition) is 2. The molecule has 2 nitrogen and oxygen atoms in total. The Balaban J connectivity index is 2.23. The summed E-state index contributed by atoms with van der Waals surface area (Å²) in [4.78, 5) is 0.354. The molecule has 0 N–H and O–H groups in total. The van der Waals surface area contributed by atoms with E-state index in [1.165, 1.54) is 5.57 Å². The van der Waals surface area contributed by atoms with E-state index in [0.717, 1.165) is 19.4 Å². The maximum absolute atomic E-state index is 5.56. The first-order valence-electron chi connectivity index (χ1n) is 4.71. The molecule has 0 saturated carbocycles. The highest BCUT2D eigenvalue weighted by atomic mass is 79.9. The van der Waals surface area contributed by atoms with Crippen LogP contribution in [0.1, 0.15) is 26.7 Å². The van der Waals surface area contributed by atoms with Gasteiger partial charge in [-0.15, -0.1) is 0 Å². The number of hydrogen-bond donors (Lipinski definition) is 0. The average molecular weight is 249 g/mol. The minimum atomic E-state index is -0.0654. The molecule has 0 aromatic carbocycles. The molecule has 1 aliphatic heterocycles. The summed E-state index contributed by atoms with van der Waals surface area (Å²) in [5.74, 6) is 0. The second-order valence-corrected chi connectivity index (χ2v) is 4.69. The van der Waals surface area contributed by atoms with E-state index < -0.39 is 0 Å². The average Bonchev–Trinajstić information content (AvgIpc) is 2.08. The van der Waals surface area contributed by atoms with Gasteiger partial charge in [0.05, 0.1) is 11.4 Å². The fourth-order valence-corrected chi connectivity index (χ4v) is 1.81. The lowest BCUT2D eigenvalue weighted by atomic mass is 10.2. The Bertz CT molecular complexity index is 176. The van der Waals surface area contributed by atoms with Gasteiger partial charge in [-0.3, -0.25) is 0 Å². The number of allylic oxidation sites excluding steroid dienone is 1. The van der Waals surface area contributed by atoms with Crippen LogP contribution in [0.5, 0.6) is 0 Å². The van der Waals surface area contributed by atoms with Gasteiger partial charge in [-0.2, -0.15) is 0 Å². The molecule has 1 heterocycles. The molecule has 0 radical (unpaired) electrons. The van der Waals surface area contributed by atoms with Gasteiger partial charge in [-0.25, -0.2) is 0 Å². The zero-order valence-electron chi connectivity index (χ0n) is 8.25. The van der Waals surface area contributed by atoms with Gasteiger partial charge in [0.15, 0.2) is 6.29 Å². The molecule has 1 rings (SSSR count). The van der Waals surface area contributed by atoms with E-state index in [1.807, 2.05) is 0 Å². The Kier molecular flexibility index (Phi) is 4.99. The minimum absolute atomic E-state index is 0.0654. The van der Waals surface area contributed by atoms with Gasteiger partial charge in [-0.05, 0) is 26.7 Å².